The Bertz CT molecular complexity index is 575. The number of fused-ring (bicyclic) bond motifs is 1. The van der Waals surface area contributed by atoms with Gasteiger partial charge >= 0.3 is 0 Å². The molecule has 2 rings (SSSR count). The summed E-state index contributed by atoms with van der Waals surface area (Å²) in [6, 6.07) is 0. The summed E-state index contributed by atoms with van der Waals surface area (Å²) >= 11 is 0. The highest BCUT2D eigenvalue weighted by Gasteiger charge is 2.19. The Morgan fingerprint density at radius 1 is 1.47 bits per heavy atom. The molecule has 0 aliphatic rings. The van der Waals surface area contributed by atoms with Crippen molar-refractivity contribution in [2.24, 2.45) is 11.1 Å². The molecule has 6 heteroatoms. The largest absolute Gasteiger partial charge is 0.351 e. The summed E-state index contributed by atoms with van der Waals surface area (Å²) in [6.07, 6.45) is 7.40. The van der Waals surface area contributed by atoms with Crippen LogP contribution in [0.5, 0.6) is 0 Å². The van der Waals surface area contributed by atoms with Gasteiger partial charge in [0.25, 0.3) is 5.91 Å². The second-order valence-corrected chi connectivity index (χ2v) is 5.35. The number of carbonyl (C=O) groups is 1. The summed E-state index contributed by atoms with van der Waals surface area (Å²) < 4.78 is 1.63. The van der Waals surface area contributed by atoms with Crippen molar-refractivity contribution in [2.45, 2.75) is 20.3 Å². The summed E-state index contributed by atoms with van der Waals surface area (Å²) in [5.41, 5.74) is 6.79. The van der Waals surface area contributed by atoms with Crippen LogP contribution in [0.3, 0.4) is 0 Å². The van der Waals surface area contributed by atoms with Crippen LogP contribution in [0, 0.1) is 5.41 Å². The Hall–Kier alpha value is -1.95. The van der Waals surface area contributed by atoms with Gasteiger partial charge < -0.3 is 11.1 Å². The zero-order valence-electron chi connectivity index (χ0n) is 11.3. The number of carbonyl (C=O) groups excluding carboxylic acids is 1. The first-order valence-electron chi connectivity index (χ1n) is 6.29. The van der Waals surface area contributed by atoms with Crippen molar-refractivity contribution in [3.63, 3.8) is 0 Å². The Labute approximate surface area is 112 Å². The van der Waals surface area contributed by atoms with E-state index in [1.807, 2.05) is 0 Å². The molecular weight excluding hydrogens is 242 g/mol. The van der Waals surface area contributed by atoms with Gasteiger partial charge in [0.05, 0.1) is 23.5 Å². The third-order valence-electron chi connectivity index (χ3n) is 3.12. The number of rotatable bonds is 5. The fourth-order valence-electron chi connectivity index (χ4n) is 1.90. The van der Waals surface area contributed by atoms with E-state index in [0.717, 1.165) is 6.42 Å². The maximum absolute atomic E-state index is 12.1. The summed E-state index contributed by atoms with van der Waals surface area (Å²) in [5.74, 6) is -0.131. The number of amides is 1. The molecule has 0 spiro atoms. The number of nitrogens with one attached hydrogen (secondary N) is 1. The minimum absolute atomic E-state index is 0.00831. The second-order valence-electron chi connectivity index (χ2n) is 5.35. The lowest BCUT2D eigenvalue weighted by molar-refractivity contribution is 0.0936. The molecule has 0 atom stereocenters. The molecule has 0 saturated heterocycles. The first-order valence-corrected chi connectivity index (χ1v) is 6.29. The Morgan fingerprint density at radius 2 is 2.26 bits per heavy atom. The molecule has 0 saturated carbocycles. The van der Waals surface area contributed by atoms with Gasteiger partial charge in [-0.25, -0.2) is 4.52 Å². The number of hydrogen-bond donors (Lipinski definition) is 2. The van der Waals surface area contributed by atoms with Crippen LogP contribution in [0.2, 0.25) is 0 Å². The van der Waals surface area contributed by atoms with Crippen molar-refractivity contribution in [1.29, 1.82) is 0 Å². The number of nitrogens with two attached hydrogens (primary N) is 1. The standard InChI is InChI=1S/C13H19N5O/c1-13(2,3-4-14)9-16-12(19)10-7-17-18-6-5-15-8-11(10)18/h5-8H,3-4,9,14H2,1-2H3,(H,16,19). The molecular formula is C13H19N5O. The smallest absolute Gasteiger partial charge is 0.255 e. The molecule has 0 aliphatic carbocycles. The fraction of sp³-hybridized carbons (Fsp3) is 0.462. The summed E-state index contributed by atoms with van der Waals surface area (Å²) in [6.45, 7) is 5.36. The Morgan fingerprint density at radius 3 is 3.00 bits per heavy atom. The van der Waals surface area contributed by atoms with Crippen molar-refractivity contribution < 1.29 is 4.79 Å². The van der Waals surface area contributed by atoms with Crippen molar-refractivity contribution in [2.75, 3.05) is 13.1 Å². The quantitative estimate of drug-likeness (QED) is 0.835. The third-order valence-corrected chi connectivity index (χ3v) is 3.12. The van der Waals surface area contributed by atoms with Gasteiger partial charge in [0.2, 0.25) is 0 Å². The van der Waals surface area contributed by atoms with Crippen LogP contribution in [-0.4, -0.2) is 33.6 Å². The lowest BCUT2D eigenvalue weighted by Gasteiger charge is -2.23. The van der Waals surface area contributed by atoms with Crippen molar-refractivity contribution in [1.82, 2.24) is 19.9 Å². The molecule has 2 aromatic heterocycles. The van der Waals surface area contributed by atoms with Crippen molar-refractivity contribution >= 4 is 11.4 Å². The topological polar surface area (TPSA) is 85.3 Å². The molecule has 0 unspecified atom stereocenters. The van der Waals surface area contributed by atoms with Crippen LogP contribution >= 0.6 is 0 Å². The van der Waals surface area contributed by atoms with Gasteiger partial charge in [-0.2, -0.15) is 5.10 Å². The van der Waals surface area contributed by atoms with Gasteiger partial charge in [-0.1, -0.05) is 13.8 Å². The number of aromatic nitrogens is 3. The first kappa shape index (κ1) is 13.5. The van der Waals surface area contributed by atoms with E-state index in [0.29, 0.717) is 24.2 Å². The molecule has 0 bridgehead atoms. The molecule has 0 radical (unpaired) electrons. The van der Waals surface area contributed by atoms with E-state index in [1.165, 1.54) is 0 Å². The molecule has 0 aliphatic heterocycles. The van der Waals surface area contributed by atoms with Crippen molar-refractivity contribution in [3.05, 3.63) is 30.4 Å². The van der Waals surface area contributed by atoms with E-state index in [4.69, 9.17) is 5.73 Å². The van der Waals surface area contributed by atoms with Gasteiger partial charge in [0.1, 0.15) is 0 Å². The second kappa shape index (κ2) is 5.36. The zero-order chi connectivity index (χ0) is 13.9. The van der Waals surface area contributed by atoms with E-state index < -0.39 is 0 Å². The van der Waals surface area contributed by atoms with Crippen LogP contribution in [0.1, 0.15) is 30.6 Å². The number of hydrogen-bond acceptors (Lipinski definition) is 4. The van der Waals surface area contributed by atoms with Crippen LogP contribution in [0.25, 0.3) is 5.52 Å². The average Bonchev–Trinajstić information content (AvgIpc) is 2.80. The lowest BCUT2D eigenvalue weighted by Crippen LogP contribution is -2.35. The molecule has 0 fully saturated rings. The lowest BCUT2D eigenvalue weighted by atomic mass is 9.89. The Kier molecular flexibility index (Phi) is 3.80. The van der Waals surface area contributed by atoms with Crippen LogP contribution in [0.4, 0.5) is 0 Å². The molecule has 2 heterocycles. The first-order chi connectivity index (χ1) is 9.03. The highest BCUT2D eigenvalue weighted by atomic mass is 16.1. The molecule has 6 nitrogen and oxygen atoms in total. The maximum Gasteiger partial charge on any atom is 0.255 e. The van der Waals surface area contributed by atoms with Crippen LogP contribution in [-0.2, 0) is 0 Å². The predicted octanol–water partition coefficient (Wildman–Crippen LogP) is 0.834. The average molecular weight is 261 g/mol. The molecule has 3 N–H and O–H groups in total. The monoisotopic (exact) mass is 261 g/mol. The SMILES string of the molecule is CC(C)(CCN)CNC(=O)c1cnn2ccncc12. The van der Waals surface area contributed by atoms with E-state index in [-0.39, 0.29) is 11.3 Å². The minimum Gasteiger partial charge on any atom is -0.351 e. The van der Waals surface area contributed by atoms with Gasteiger partial charge in [0, 0.05) is 18.9 Å². The van der Waals surface area contributed by atoms with E-state index in [2.05, 4.69) is 29.2 Å². The molecule has 19 heavy (non-hydrogen) atoms. The molecule has 1 amide bonds. The molecule has 0 aromatic carbocycles. The molecule has 102 valence electrons. The van der Waals surface area contributed by atoms with Crippen molar-refractivity contribution in [3.8, 4) is 0 Å². The maximum atomic E-state index is 12.1. The predicted molar refractivity (Wildman–Crippen MR) is 72.8 cm³/mol. The van der Waals surface area contributed by atoms with Gasteiger partial charge in [-0.05, 0) is 18.4 Å². The third kappa shape index (κ3) is 3.08. The summed E-state index contributed by atoms with van der Waals surface area (Å²) in [7, 11) is 0. The zero-order valence-corrected chi connectivity index (χ0v) is 11.3. The highest BCUT2D eigenvalue weighted by Crippen LogP contribution is 2.18. The Balaban J connectivity index is 2.08. The normalized spacial score (nSPS) is 11.7. The highest BCUT2D eigenvalue weighted by molar-refractivity contribution is 6.00. The van der Waals surface area contributed by atoms with Crippen LogP contribution < -0.4 is 11.1 Å². The summed E-state index contributed by atoms with van der Waals surface area (Å²) in [4.78, 5) is 16.2. The minimum atomic E-state index is -0.131. The molecule has 2 aromatic rings. The van der Waals surface area contributed by atoms with Gasteiger partial charge in [0.15, 0.2) is 0 Å². The number of nitrogens with zero attached hydrogens (tertiary/aromatic N) is 3. The fourth-order valence-corrected chi connectivity index (χ4v) is 1.90. The summed E-state index contributed by atoms with van der Waals surface area (Å²) in [5, 5.41) is 7.04. The van der Waals surface area contributed by atoms with E-state index in [9.17, 15) is 4.79 Å². The van der Waals surface area contributed by atoms with E-state index in [1.54, 1.807) is 29.3 Å². The van der Waals surface area contributed by atoms with E-state index >= 15 is 0 Å². The van der Waals surface area contributed by atoms with Gasteiger partial charge in [-0.3, -0.25) is 9.78 Å². The van der Waals surface area contributed by atoms with Gasteiger partial charge in [-0.15, -0.1) is 0 Å². The van der Waals surface area contributed by atoms with Crippen LogP contribution in [0.15, 0.2) is 24.8 Å².